The van der Waals surface area contributed by atoms with Crippen LogP contribution in [0.2, 0.25) is 0 Å². The van der Waals surface area contributed by atoms with Gasteiger partial charge in [0, 0.05) is 25.2 Å². The fraction of sp³-hybridized carbons (Fsp3) is 0.455. The van der Waals surface area contributed by atoms with Crippen molar-refractivity contribution in [1.82, 2.24) is 4.90 Å². The lowest BCUT2D eigenvalue weighted by atomic mass is 9.97. The number of fused-ring (bicyclic) bond motifs is 2. The van der Waals surface area contributed by atoms with Crippen molar-refractivity contribution in [2.45, 2.75) is 50.0 Å². The van der Waals surface area contributed by atoms with Crippen LogP contribution < -0.4 is 5.73 Å². The molecule has 2 saturated heterocycles. The average Bonchev–Trinajstić information content (AvgIpc) is 2.90. The zero-order chi connectivity index (χ0) is 17.1. The van der Waals surface area contributed by atoms with E-state index in [0.717, 1.165) is 25.9 Å². The van der Waals surface area contributed by atoms with Crippen molar-refractivity contribution in [3.8, 4) is 0 Å². The van der Waals surface area contributed by atoms with Crippen LogP contribution in [-0.4, -0.2) is 36.2 Å². The number of hydrogen-bond donors (Lipinski definition) is 1. The van der Waals surface area contributed by atoms with E-state index in [1.807, 2.05) is 0 Å². The van der Waals surface area contributed by atoms with Crippen LogP contribution in [0, 0.1) is 0 Å². The lowest BCUT2D eigenvalue weighted by Crippen LogP contribution is -2.47. The Hall–Kier alpha value is -1.68. The minimum Gasteiger partial charge on any atom is -0.365 e. The molecule has 0 amide bonds. The van der Waals surface area contributed by atoms with Gasteiger partial charge in [0.25, 0.3) is 0 Å². The lowest BCUT2D eigenvalue weighted by Gasteiger charge is -2.40. The molecule has 4 rings (SSSR count). The summed E-state index contributed by atoms with van der Waals surface area (Å²) < 4.78 is 6.71. The Bertz CT molecular complexity index is 607. The first-order valence-corrected chi connectivity index (χ1v) is 9.56. The van der Waals surface area contributed by atoms with E-state index in [1.54, 1.807) is 0 Å². The summed E-state index contributed by atoms with van der Waals surface area (Å²) >= 11 is 0. The van der Waals surface area contributed by atoms with Gasteiger partial charge in [-0.25, -0.2) is 0 Å². The zero-order valence-corrected chi connectivity index (χ0v) is 14.8. The van der Waals surface area contributed by atoms with Crippen LogP contribution in [-0.2, 0) is 4.74 Å². The normalized spacial score (nSPS) is 26.2. The molecular weight excluding hydrogens is 308 g/mol. The van der Waals surface area contributed by atoms with Gasteiger partial charge < -0.3 is 10.5 Å². The van der Waals surface area contributed by atoms with Crippen molar-refractivity contribution in [2.24, 2.45) is 5.73 Å². The van der Waals surface area contributed by atoms with Crippen LogP contribution in [0.3, 0.4) is 0 Å². The van der Waals surface area contributed by atoms with Gasteiger partial charge in [-0.2, -0.15) is 0 Å². The highest BCUT2D eigenvalue weighted by atomic mass is 16.5. The van der Waals surface area contributed by atoms with Crippen molar-refractivity contribution in [2.75, 3.05) is 13.1 Å². The molecule has 2 aliphatic heterocycles. The Kier molecular flexibility index (Phi) is 5.16. The van der Waals surface area contributed by atoms with Gasteiger partial charge in [0.1, 0.15) is 6.10 Å². The van der Waals surface area contributed by atoms with Crippen molar-refractivity contribution in [3.63, 3.8) is 0 Å². The van der Waals surface area contributed by atoms with Crippen LogP contribution >= 0.6 is 0 Å². The number of hydrogen-bond acceptors (Lipinski definition) is 3. The third-order valence-corrected chi connectivity index (χ3v) is 5.76. The van der Waals surface area contributed by atoms with E-state index in [-0.39, 0.29) is 6.10 Å². The van der Waals surface area contributed by atoms with Crippen LogP contribution in [0.5, 0.6) is 0 Å². The Balaban J connectivity index is 1.52. The smallest absolute Gasteiger partial charge is 0.108 e. The topological polar surface area (TPSA) is 38.5 Å². The van der Waals surface area contributed by atoms with E-state index >= 15 is 0 Å². The highest BCUT2D eigenvalue weighted by Crippen LogP contribution is 2.39. The molecule has 2 aromatic carbocycles. The summed E-state index contributed by atoms with van der Waals surface area (Å²) in [7, 11) is 0. The third kappa shape index (κ3) is 3.64. The number of nitrogens with zero attached hydrogens (tertiary/aromatic N) is 1. The van der Waals surface area contributed by atoms with Crippen molar-refractivity contribution in [1.29, 1.82) is 0 Å². The van der Waals surface area contributed by atoms with Gasteiger partial charge in [0.15, 0.2) is 0 Å². The van der Waals surface area contributed by atoms with E-state index in [1.165, 1.54) is 24.0 Å². The van der Waals surface area contributed by atoms with Gasteiger partial charge in [0.2, 0.25) is 0 Å². The first kappa shape index (κ1) is 16.8. The number of benzene rings is 2. The van der Waals surface area contributed by atoms with Crippen LogP contribution in [0.4, 0.5) is 0 Å². The maximum atomic E-state index is 6.71. The first-order chi connectivity index (χ1) is 12.3. The van der Waals surface area contributed by atoms with Gasteiger partial charge in [-0.1, -0.05) is 60.7 Å². The van der Waals surface area contributed by atoms with E-state index in [4.69, 9.17) is 10.5 Å². The zero-order valence-electron chi connectivity index (χ0n) is 14.8. The second-order valence-corrected chi connectivity index (χ2v) is 7.34. The molecule has 2 unspecified atom stereocenters. The monoisotopic (exact) mass is 336 g/mol. The largest absolute Gasteiger partial charge is 0.365 e. The summed E-state index contributed by atoms with van der Waals surface area (Å²) in [5.41, 5.74) is 8.29. The second-order valence-electron chi connectivity index (χ2n) is 7.34. The molecule has 3 heteroatoms. The third-order valence-electron chi connectivity index (χ3n) is 5.76. The summed E-state index contributed by atoms with van der Waals surface area (Å²) in [4.78, 5) is 2.62. The Morgan fingerprint density at radius 2 is 1.40 bits per heavy atom. The second kappa shape index (κ2) is 7.69. The summed E-state index contributed by atoms with van der Waals surface area (Å²) in [6, 6.07) is 22.5. The molecule has 0 saturated carbocycles. The Labute approximate surface area is 150 Å². The van der Waals surface area contributed by atoms with Gasteiger partial charge in [0.05, 0.1) is 6.10 Å². The fourth-order valence-electron chi connectivity index (χ4n) is 4.65. The van der Waals surface area contributed by atoms with Gasteiger partial charge in [-0.3, -0.25) is 4.90 Å². The predicted octanol–water partition coefficient (Wildman–Crippen LogP) is 3.75. The van der Waals surface area contributed by atoms with Crippen molar-refractivity contribution >= 4 is 0 Å². The summed E-state index contributed by atoms with van der Waals surface area (Å²) in [6.07, 6.45) is 5.21. The molecule has 3 nitrogen and oxygen atoms in total. The number of nitrogens with two attached hydrogens (primary N) is 1. The number of ether oxygens (including phenoxy) is 1. The molecule has 0 aliphatic carbocycles. The molecule has 2 N–H and O–H groups in total. The van der Waals surface area contributed by atoms with Crippen molar-refractivity contribution in [3.05, 3.63) is 71.8 Å². The molecule has 0 radical (unpaired) electrons. The Morgan fingerprint density at radius 1 is 0.880 bits per heavy atom. The molecule has 0 spiro atoms. The molecule has 2 atom stereocenters. The molecular formula is C22H28N2O. The van der Waals surface area contributed by atoms with Crippen LogP contribution in [0.1, 0.15) is 42.9 Å². The van der Waals surface area contributed by atoms with Crippen LogP contribution in [0.15, 0.2) is 60.7 Å². The molecule has 25 heavy (non-hydrogen) atoms. The average molecular weight is 336 g/mol. The van der Waals surface area contributed by atoms with E-state index in [9.17, 15) is 0 Å². The van der Waals surface area contributed by atoms with Gasteiger partial charge >= 0.3 is 0 Å². The molecule has 2 aromatic rings. The van der Waals surface area contributed by atoms with E-state index in [2.05, 4.69) is 65.6 Å². The molecule has 2 fully saturated rings. The number of piperidine rings is 1. The number of rotatable bonds is 6. The van der Waals surface area contributed by atoms with Gasteiger partial charge in [-0.05, 0) is 36.8 Å². The minimum absolute atomic E-state index is 0.0212. The maximum absolute atomic E-state index is 6.71. The predicted molar refractivity (Wildman–Crippen MR) is 101 cm³/mol. The standard InChI is InChI=1S/C22H28N2O/c23-13-14-24-19-11-12-20(24)16-21(15-19)25-22(17-7-3-1-4-8-17)18-9-5-2-6-10-18/h1-10,19-22H,11-16,23H2. The summed E-state index contributed by atoms with van der Waals surface area (Å²) in [5, 5.41) is 0. The summed E-state index contributed by atoms with van der Waals surface area (Å²) in [6.45, 7) is 1.79. The lowest BCUT2D eigenvalue weighted by molar-refractivity contribution is -0.0474. The highest BCUT2D eigenvalue weighted by Gasteiger charge is 2.41. The molecule has 132 valence electrons. The Morgan fingerprint density at radius 3 is 1.88 bits per heavy atom. The molecule has 2 bridgehead atoms. The highest BCUT2D eigenvalue weighted by molar-refractivity contribution is 5.30. The van der Waals surface area contributed by atoms with Crippen molar-refractivity contribution < 1.29 is 4.74 Å². The van der Waals surface area contributed by atoms with Gasteiger partial charge in [-0.15, -0.1) is 0 Å². The quantitative estimate of drug-likeness (QED) is 0.873. The SMILES string of the molecule is NCCN1C2CCC1CC(OC(c1ccccc1)c1ccccc1)C2. The minimum atomic E-state index is 0.0212. The molecule has 2 aliphatic rings. The molecule has 0 aromatic heterocycles. The van der Waals surface area contributed by atoms with E-state index < -0.39 is 0 Å². The molecule has 2 heterocycles. The summed E-state index contributed by atoms with van der Waals surface area (Å²) in [5.74, 6) is 0. The van der Waals surface area contributed by atoms with E-state index in [0.29, 0.717) is 18.2 Å². The maximum Gasteiger partial charge on any atom is 0.108 e. The van der Waals surface area contributed by atoms with Crippen LogP contribution in [0.25, 0.3) is 0 Å². The fourth-order valence-corrected chi connectivity index (χ4v) is 4.65. The first-order valence-electron chi connectivity index (χ1n) is 9.56.